The van der Waals surface area contributed by atoms with Gasteiger partial charge < -0.3 is 9.47 Å². The Morgan fingerprint density at radius 2 is 1.72 bits per heavy atom. The van der Waals surface area contributed by atoms with E-state index in [1.165, 1.54) is 11.8 Å². The average Bonchev–Trinajstić information content (AvgIpc) is 2.60. The van der Waals surface area contributed by atoms with Crippen LogP contribution in [0.3, 0.4) is 0 Å². The van der Waals surface area contributed by atoms with Crippen LogP contribution in [0, 0.1) is 0 Å². The largest absolute Gasteiger partial charge is 0.497 e. The lowest BCUT2D eigenvalue weighted by molar-refractivity contribution is 0.0955. The Labute approximate surface area is 148 Å². The first-order valence-electron chi connectivity index (χ1n) is 8.01. The maximum Gasteiger partial charge on any atom is 0.271 e. The third-order valence-corrected chi connectivity index (χ3v) is 3.82. The molecule has 0 heterocycles. The summed E-state index contributed by atoms with van der Waals surface area (Å²) in [5.41, 5.74) is 5.03. The van der Waals surface area contributed by atoms with Crippen molar-refractivity contribution in [3.05, 3.63) is 59.2 Å². The quantitative estimate of drug-likeness (QED) is 0.666. The maximum atomic E-state index is 12.2. The van der Waals surface area contributed by atoms with E-state index in [0.717, 1.165) is 0 Å². The molecular formula is C20H24N2O3. The van der Waals surface area contributed by atoms with Crippen molar-refractivity contribution in [3.8, 4) is 11.5 Å². The van der Waals surface area contributed by atoms with Crippen LogP contribution in [0.1, 0.15) is 42.3 Å². The molecule has 0 saturated carbocycles. The van der Waals surface area contributed by atoms with Crippen LogP contribution in [-0.4, -0.2) is 26.3 Å². The molecule has 0 aliphatic heterocycles. The summed E-state index contributed by atoms with van der Waals surface area (Å²) in [5, 5.41) is 4.01. The van der Waals surface area contributed by atoms with Gasteiger partial charge in [-0.1, -0.05) is 32.9 Å². The first-order chi connectivity index (χ1) is 11.8. The number of hydrogen-bond acceptors (Lipinski definition) is 4. The molecule has 0 fully saturated rings. The van der Waals surface area contributed by atoms with Crippen LogP contribution in [0.2, 0.25) is 0 Å². The highest BCUT2D eigenvalue weighted by molar-refractivity contribution is 5.95. The van der Waals surface area contributed by atoms with E-state index in [1.54, 1.807) is 44.6 Å². The second-order valence-electron chi connectivity index (χ2n) is 6.63. The zero-order valence-electron chi connectivity index (χ0n) is 15.3. The van der Waals surface area contributed by atoms with Crippen molar-refractivity contribution in [1.29, 1.82) is 0 Å². The van der Waals surface area contributed by atoms with Crippen molar-refractivity contribution >= 4 is 12.1 Å². The number of nitrogens with one attached hydrogen (secondary N) is 1. The van der Waals surface area contributed by atoms with Gasteiger partial charge in [0.2, 0.25) is 0 Å². The minimum atomic E-state index is -0.265. The molecule has 2 aromatic rings. The minimum absolute atomic E-state index is 0.0517. The van der Waals surface area contributed by atoms with Gasteiger partial charge in [-0.25, -0.2) is 5.43 Å². The maximum absolute atomic E-state index is 12.2. The van der Waals surface area contributed by atoms with E-state index >= 15 is 0 Å². The van der Waals surface area contributed by atoms with E-state index in [4.69, 9.17) is 9.47 Å². The summed E-state index contributed by atoms with van der Waals surface area (Å²) in [6.07, 6.45) is 1.53. The standard InChI is InChI=1S/C20H24N2O3/c1-20(2,3)16-8-6-14(7-9-16)19(23)22-21-13-15-12-17(24-4)10-11-18(15)25-5/h6-13H,1-5H3,(H,22,23). The zero-order valence-corrected chi connectivity index (χ0v) is 15.3. The number of carbonyl (C=O) groups is 1. The van der Waals surface area contributed by atoms with Crippen molar-refractivity contribution in [2.75, 3.05) is 14.2 Å². The van der Waals surface area contributed by atoms with Gasteiger partial charge in [0.1, 0.15) is 11.5 Å². The molecule has 0 aromatic heterocycles. The van der Waals surface area contributed by atoms with E-state index < -0.39 is 0 Å². The van der Waals surface area contributed by atoms with Gasteiger partial charge >= 0.3 is 0 Å². The lowest BCUT2D eigenvalue weighted by Crippen LogP contribution is -2.18. The summed E-state index contributed by atoms with van der Waals surface area (Å²) < 4.78 is 10.5. The number of methoxy groups -OCH3 is 2. The zero-order chi connectivity index (χ0) is 18.4. The van der Waals surface area contributed by atoms with Crippen molar-refractivity contribution in [3.63, 3.8) is 0 Å². The van der Waals surface area contributed by atoms with Gasteiger partial charge in [0.25, 0.3) is 5.91 Å². The molecule has 0 spiro atoms. The van der Waals surface area contributed by atoms with E-state index in [-0.39, 0.29) is 11.3 Å². The highest BCUT2D eigenvalue weighted by Crippen LogP contribution is 2.23. The second-order valence-corrected chi connectivity index (χ2v) is 6.63. The topological polar surface area (TPSA) is 59.9 Å². The number of carbonyl (C=O) groups excluding carboxylic acids is 1. The lowest BCUT2D eigenvalue weighted by atomic mass is 9.87. The lowest BCUT2D eigenvalue weighted by Gasteiger charge is -2.18. The molecule has 2 aromatic carbocycles. The Kier molecular flexibility index (Phi) is 5.80. The third kappa shape index (κ3) is 4.83. The molecule has 5 heteroatoms. The molecule has 0 radical (unpaired) electrons. The summed E-state index contributed by atoms with van der Waals surface area (Å²) in [6, 6.07) is 12.9. The minimum Gasteiger partial charge on any atom is -0.497 e. The molecule has 25 heavy (non-hydrogen) atoms. The molecular weight excluding hydrogens is 316 g/mol. The first-order valence-corrected chi connectivity index (χ1v) is 8.01. The summed E-state index contributed by atoms with van der Waals surface area (Å²) in [4.78, 5) is 12.2. The molecule has 1 amide bonds. The fraction of sp³-hybridized carbons (Fsp3) is 0.300. The number of ether oxygens (including phenoxy) is 2. The third-order valence-electron chi connectivity index (χ3n) is 3.82. The predicted octanol–water partition coefficient (Wildman–Crippen LogP) is 3.77. The van der Waals surface area contributed by atoms with Crippen molar-refractivity contribution in [2.24, 2.45) is 5.10 Å². The van der Waals surface area contributed by atoms with E-state index in [2.05, 4.69) is 31.3 Å². The van der Waals surface area contributed by atoms with Crippen LogP contribution in [0.25, 0.3) is 0 Å². The monoisotopic (exact) mass is 340 g/mol. The highest BCUT2D eigenvalue weighted by atomic mass is 16.5. The normalized spacial score (nSPS) is 11.4. The summed E-state index contributed by atoms with van der Waals surface area (Å²) in [5.74, 6) is 1.07. The van der Waals surface area contributed by atoms with Gasteiger partial charge in [0.05, 0.1) is 20.4 Å². The highest BCUT2D eigenvalue weighted by Gasteiger charge is 2.14. The van der Waals surface area contributed by atoms with Gasteiger partial charge in [0.15, 0.2) is 0 Å². The molecule has 0 aliphatic carbocycles. The van der Waals surface area contributed by atoms with Gasteiger partial charge in [-0.2, -0.15) is 5.10 Å². The molecule has 5 nitrogen and oxygen atoms in total. The number of amides is 1. The molecule has 0 saturated heterocycles. The molecule has 0 unspecified atom stereocenters. The molecule has 1 N–H and O–H groups in total. The SMILES string of the molecule is COc1ccc(OC)c(C=NNC(=O)c2ccc(C(C)(C)C)cc2)c1. The van der Waals surface area contributed by atoms with Crippen LogP contribution in [-0.2, 0) is 5.41 Å². The van der Waals surface area contributed by atoms with E-state index in [0.29, 0.717) is 22.6 Å². The van der Waals surface area contributed by atoms with E-state index in [1.807, 2.05) is 12.1 Å². The summed E-state index contributed by atoms with van der Waals surface area (Å²) >= 11 is 0. The smallest absolute Gasteiger partial charge is 0.271 e. The number of rotatable bonds is 5. The number of nitrogens with zero attached hydrogens (tertiary/aromatic N) is 1. The van der Waals surface area contributed by atoms with Crippen LogP contribution in [0.5, 0.6) is 11.5 Å². The molecule has 2 rings (SSSR count). The second kappa shape index (κ2) is 7.83. The summed E-state index contributed by atoms with van der Waals surface area (Å²) in [6.45, 7) is 6.40. The van der Waals surface area contributed by atoms with Crippen LogP contribution in [0.4, 0.5) is 0 Å². The molecule has 132 valence electrons. The number of hydrogen-bond donors (Lipinski definition) is 1. The van der Waals surface area contributed by atoms with Crippen molar-refractivity contribution in [2.45, 2.75) is 26.2 Å². The van der Waals surface area contributed by atoms with Gasteiger partial charge in [-0.05, 0) is 41.3 Å². The Balaban J connectivity index is 2.08. The van der Waals surface area contributed by atoms with E-state index in [9.17, 15) is 4.79 Å². The molecule has 0 atom stereocenters. The number of benzene rings is 2. The Morgan fingerprint density at radius 3 is 2.28 bits per heavy atom. The first kappa shape index (κ1) is 18.5. The van der Waals surface area contributed by atoms with Crippen molar-refractivity contribution < 1.29 is 14.3 Å². The van der Waals surface area contributed by atoms with Crippen LogP contribution < -0.4 is 14.9 Å². The Morgan fingerprint density at radius 1 is 1.04 bits per heavy atom. The van der Waals surface area contributed by atoms with Gasteiger partial charge in [-0.3, -0.25) is 4.79 Å². The van der Waals surface area contributed by atoms with Crippen LogP contribution >= 0.6 is 0 Å². The fourth-order valence-corrected chi connectivity index (χ4v) is 2.29. The summed E-state index contributed by atoms with van der Waals surface area (Å²) in [7, 11) is 3.17. The number of hydrazone groups is 1. The Hall–Kier alpha value is -2.82. The van der Waals surface area contributed by atoms with Gasteiger partial charge in [0, 0.05) is 11.1 Å². The molecule has 0 bridgehead atoms. The predicted molar refractivity (Wildman–Crippen MR) is 99.7 cm³/mol. The average molecular weight is 340 g/mol. The Bertz CT molecular complexity index is 760. The fourth-order valence-electron chi connectivity index (χ4n) is 2.29. The van der Waals surface area contributed by atoms with Crippen LogP contribution in [0.15, 0.2) is 47.6 Å². The van der Waals surface area contributed by atoms with Crippen molar-refractivity contribution in [1.82, 2.24) is 5.43 Å². The molecule has 0 aliphatic rings. The van der Waals surface area contributed by atoms with Gasteiger partial charge in [-0.15, -0.1) is 0 Å².